The first kappa shape index (κ1) is 18.9. The van der Waals surface area contributed by atoms with Gasteiger partial charge < -0.3 is 10.5 Å². The molecular weight excluding hydrogens is 390 g/mol. The summed E-state index contributed by atoms with van der Waals surface area (Å²) in [5.74, 6) is -0.298. The molecule has 2 N–H and O–H groups in total. The van der Waals surface area contributed by atoms with E-state index in [4.69, 9.17) is 10.5 Å². The molecule has 0 saturated heterocycles. The molecule has 0 aliphatic carbocycles. The molecule has 1 unspecified atom stereocenters. The summed E-state index contributed by atoms with van der Waals surface area (Å²) in [4.78, 5) is 19.1. The highest BCUT2D eigenvalue weighted by Gasteiger charge is 2.26. The lowest BCUT2D eigenvalue weighted by molar-refractivity contribution is -0.147. The van der Waals surface area contributed by atoms with E-state index in [2.05, 4.69) is 20.9 Å². The predicted octanol–water partition coefficient (Wildman–Crippen LogP) is 3.26. The molecule has 0 aliphatic rings. The molecule has 2 rings (SSSR count). The van der Waals surface area contributed by atoms with Gasteiger partial charge in [0.15, 0.2) is 5.13 Å². The van der Waals surface area contributed by atoms with Crippen LogP contribution in [0, 0.1) is 0 Å². The van der Waals surface area contributed by atoms with Gasteiger partial charge in [0.1, 0.15) is 6.04 Å². The number of rotatable bonds is 5. The number of ether oxygens (including phenoxy) is 1. The zero-order chi connectivity index (χ0) is 15.4. The summed E-state index contributed by atoms with van der Waals surface area (Å²) in [5.41, 5.74) is 6.51. The Morgan fingerprint density at radius 2 is 2.27 bits per heavy atom. The topological polar surface area (TPSA) is 68.5 Å². The Kier molecular flexibility index (Phi) is 7.28. The fourth-order valence-corrected chi connectivity index (χ4v) is 3.26. The summed E-state index contributed by atoms with van der Waals surface area (Å²) in [6, 6.07) is 7.16. The van der Waals surface area contributed by atoms with Gasteiger partial charge in [-0.1, -0.05) is 28.1 Å². The van der Waals surface area contributed by atoms with Crippen LogP contribution < -0.4 is 5.73 Å². The molecule has 2 aromatic rings. The molecule has 1 aromatic heterocycles. The van der Waals surface area contributed by atoms with Gasteiger partial charge in [-0.2, -0.15) is 0 Å². The van der Waals surface area contributed by atoms with Crippen molar-refractivity contribution in [1.29, 1.82) is 0 Å². The van der Waals surface area contributed by atoms with Crippen LogP contribution in [0.5, 0.6) is 0 Å². The molecule has 8 heteroatoms. The Bertz CT molecular complexity index is 638. The molecule has 120 valence electrons. The number of benzene rings is 1. The Balaban J connectivity index is 0.00000242. The van der Waals surface area contributed by atoms with E-state index in [0.717, 1.165) is 14.9 Å². The van der Waals surface area contributed by atoms with Crippen LogP contribution in [0.1, 0.15) is 16.5 Å². The number of anilines is 1. The van der Waals surface area contributed by atoms with E-state index in [-0.39, 0.29) is 18.4 Å². The van der Waals surface area contributed by atoms with Crippen LogP contribution in [0.15, 0.2) is 34.9 Å². The molecular formula is C14H17BrClN3O2S. The van der Waals surface area contributed by atoms with Crippen molar-refractivity contribution < 1.29 is 9.53 Å². The number of likely N-dealkylation sites (N-methyl/N-ethyl adjacent to an activating group) is 1. The smallest absolute Gasteiger partial charge is 0.327 e. The lowest BCUT2D eigenvalue weighted by Gasteiger charge is -2.25. The van der Waals surface area contributed by atoms with E-state index in [9.17, 15) is 4.79 Å². The number of hydrogen-bond acceptors (Lipinski definition) is 6. The summed E-state index contributed by atoms with van der Waals surface area (Å²) in [6.07, 6.45) is 1.73. The van der Waals surface area contributed by atoms with Gasteiger partial charge in [-0.3, -0.25) is 4.90 Å². The minimum atomic E-state index is -0.476. The number of nitrogens with two attached hydrogens (primary N) is 1. The van der Waals surface area contributed by atoms with Crippen molar-refractivity contribution in [3.63, 3.8) is 0 Å². The normalized spacial score (nSPS) is 11.8. The Labute approximate surface area is 148 Å². The lowest BCUT2D eigenvalue weighted by atomic mass is 10.1. The van der Waals surface area contributed by atoms with Gasteiger partial charge in [0.2, 0.25) is 0 Å². The van der Waals surface area contributed by atoms with Crippen LogP contribution in [-0.4, -0.2) is 30.0 Å². The first-order chi connectivity index (χ1) is 10.0. The lowest BCUT2D eigenvalue weighted by Crippen LogP contribution is -2.31. The van der Waals surface area contributed by atoms with Gasteiger partial charge in [0.25, 0.3) is 0 Å². The molecule has 0 aliphatic heterocycles. The molecule has 1 heterocycles. The molecule has 0 fully saturated rings. The maximum absolute atomic E-state index is 12.1. The molecule has 0 bridgehead atoms. The number of nitrogens with zero attached hydrogens (tertiary/aromatic N) is 2. The van der Waals surface area contributed by atoms with Gasteiger partial charge in [-0.15, -0.1) is 23.7 Å². The molecule has 0 radical (unpaired) electrons. The van der Waals surface area contributed by atoms with Crippen molar-refractivity contribution in [2.24, 2.45) is 0 Å². The monoisotopic (exact) mass is 405 g/mol. The fourth-order valence-electron chi connectivity index (χ4n) is 2.09. The minimum Gasteiger partial charge on any atom is -0.468 e. The largest absolute Gasteiger partial charge is 0.468 e. The maximum atomic E-state index is 12.1. The zero-order valence-electron chi connectivity index (χ0n) is 12.2. The van der Waals surface area contributed by atoms with Crippen molar-refractivity contribution >= 4 is 50.8 Å². The highest BCUT2D eigenvalue weighted by atomic mass is 79.9. The van der Waals surface area contributed by atoms with E-state index >= 15 is 0 Å². The van der Waals surface area contributed by atoms with Crippen LogP contribution in [0.25, 0.3) is 0 Å². The van der Waals surface area contributed by atoms with E-state index in [0.29, 0.717) is 11.7 Å². The summed E-state index contributed by atoms with van der Waals surface area (Å²) in [5, 5.41) is 0.524. The van der Waals surface area contributed by atoms with E-state index in [1.165, 1.54) is 18.4 Å². The van der Waals surface area contributed by atoms with Crippen molar-refractivity contribution in [3.05, 3.63) is 45.4 Å². The van der Waals surface area contributed by atoms with Crippen LogP contribution in [0.3, 0.4) is 0 Å². The molecule has 0 saturated carbocycles. The molecule has 1 aromatic carbocycles. The highest BCUT2D eigenvalue weighted by Crippen LogP contribution is 2.26. The van der Waals surface area contributed by atoms with Gasteiger partial charge >= 0.3 is 5.97 Å². The van der Waals surface area contributed by atoms with E-state index in [1.807, 2.05) is 36.2 Å². The van der Waals surface area contributed by atoms with Crippen LogP contribution >= 0.6 is 39.7 Å². The number of thiazole rings is 1. The van der Waals surface area contributed by atoms with Crippen molar-refractivity contribution in [1.82, 2.24) is 9.88 Å². The third-order valence-electron chi connectivity index (χ3n) is 3.01. The van der Waals surface area contributed by atoms with Crippen LogP contribution in [0.4, 0.5) is 5.13 Å². The van der Waals surface area contributed by atoms with Crippen molar-refractivity contribution in [3.8, 4) is 0 Å². The number of aromatic nitrogens is 1. The van der Waals surface area contributed by atoms with Gasteiger partial charge in [-0.05, 0) is 24.7 Å². The average molecular weight is 407 g/mol. The Hall–Kier alpha value is -1.15. The molecule has 0 spiro atoms. The van der Waals surface area contributed by atoms with Gasteiger partial charge in [0, 0.05) is 22.1 Å². The summed E-state index contributed by atoms with van der Waals surface area (Å²) in [7, 11) is 3.27. The van der Waals surface area contributed by atoms with E-state index < -0.39 is 6.04 Å². The second kappa shape index (κ2) is 8.47. The van der Waals surface area contributed by atoms with Crippen molar-refractivity contribution in [2.45, 2.75) is 12.6 Å². The first-order valence-corrected chi connectivity index (χ1v) is 7.86. The number of carbonyl (C=O) groups excluding carboxylic acids is 1. The molecule has 1 atom stereocenters. The molecule has 0 amide bonds. The number of carbonyl (C=O) groups is 1. The number of halogens is 2. The van der Waals surface area contributed by atoms with Crippen molar-refractivity contribution in [2.75, 3.05) is 19.9 Å². The average Bonchev–Trinajstić information content (AvgIpc) is 2.84. The number of methoxy groups -OCH3 is 1. The van der Waals surface area contributed by atoms with E-state index in [1.54, 1.807) is 6.20 Å². The van der Waals surface area contributed by atoms with Gasteiger partial charge in [0.05, 0.1) is 7.11 Å². The first-order valence-electron chi connectivity index (χ1n) is 6.25. The number of esters is 1. The molecule has 22 heavy (non-hydrogen) atoms. The maximum Gasteiger partial charge on any atom is 0.327 e. The summed E-state index contributed by atoms with van der Waals surface area (Å²) >= 11 is 4.84. The third kappa shape index (κ3) is 4.67. The zero-order valence-corrected chi connectivity index (χ0v) is 15.4. The predicted molar refractivity (Wildman–Crippen MR) is 94.1 cm³/mol. The van der Waals surface area contributed by atoms with Crippen LogP contribution in [0.2, 0.25) is 0 Å². The number of hydrogen-bond donors (Lipinski definition) is 1. The number of nitrogen functional groups attached to an aromatic ring is 1. The second-order valence-electron chi connectivity index (χ2n) is 4.56. The Morgan fingerprint density at radius 3 is 2.82 bits per heavy atom. The fraction of sp³-hybridized carbons (Fsp3) is 0.286. The summed E-state index contributed by atoms with van der Waals surface area (Å²) < 4.78 is 5.86. The SMILES string of the molecule is COC(=O)C(c1cccc(Br)c1)N(C)Cc1cnc(N)s1.Cl. The highest BCUT2D eigenvalue weighted by molar-refractivity contribution is 9.10. The summed E-state index contributed by atoms with van der Waals surface area (Å²) in [6.45, 7) is 0.571. The minimum absolute atomic E-state index is 0. The third-order valence-corrected chi connectivity index (χ3v) is 4.31. The Morgan fingerprint density at radius 1 is 1.55 bits per heavy atom. The molecule has 5 nitrogen and oxygen atoms in total. The standard InChI is InChI=1S/C14H16BrN3O2S.ClH/c1-18(8-11-7-17-14(16)21-11)12(13(19)20-2)9-4-3-5-10(15)6-9;/h3-7,12H,8H2,1-2H3,(H2,16,17);1H. The van der Waals surface area contributed by atoms with Gasteiger partial charge in [-0.25, -0.2) is 9.78 Å². The second-order valence-corrected chi connectivity index (χ2v) is 6.62. The quantitative estimate of drug-likeness (QED) is 0.772. The van der Waals surface area contributed by atoms with Crippen LogP contribution in [-0.2, 0) is 16.1 Å².